The van der Waals surface area contributed by atoms with Crippen molar-refractivity contribution < 1.29 is 14.3 Å². The standard InChI is InChI=1S/C15H12INO3/c16-10-3-1-2-9(6-10)15(18)11-7-13-14(8-12(11)17)20-5-4-19-13/h1-3,6-8H,4-5,17H2. The van der Waals surface area contributed by atoms with Crippen molar-refractivity contribution in [3.05, 3.63) is 51.1 Å². The van der Waals surface area contributed by atoms with E-state index < -0.39 is 0 Å². The van der Waals surface area contributed by atoms with Crippen LogP contribution in [-0.2, 0) is 0 Å². The van der Waals surface area contributed by atoms with Crippen LogP contribution in [0.3, 0.4) is 0 Å². The van der Waals surface area contributed by atoms with Crippen LogP contribution >= 0.6 is 22.6 Å². The van der Waals surface area contributed by atoms with E-state index in [9.17, 15) is 4.79 Å². The van der Waals surface area contributed by atoms with Gasteiger partial charge >= 0.3 is 0 Å². The molecule has 4 nitrogen and oxygen atoms in total. The van der Waals surface area contributed by atoms with Crippen molar-refractivity contribution in [1.29, 1.82) is 0 Å². The molecule has 0 radical (unpaired) electrons. The number of rotatable bonds is 2. The lowest BCUT2D eigenvalue weighted by Crippen LogP contribution is -2.17. The molecule has 2 N–H and O–H groups in total. The number of carbonyl (C=O) groups excluding carboxylic acids is 1. The number of anilines is 1. The Bertz CT molecular complexity index is 685. The van der Waals surface area contributed by atoms with Gasteiger partial charge in [0.2, 0.25) is 0 Å². The largest absolute Gasteiger partial charge is 0.486 e. The van der Waals surface area contributed by atoms with Gasteiger partial charge in [0.1, 0.15) is 13.2 Å². The van der Waals surface area contributed by atoms with E-state index in [1.807, 2.05) is 18.2 Å². The lowest BCUT2D eigenvalue weighted by atomic mass is 10.0. The molecule has 3 rings (SSSR count). The van der Waals surface area contributed by atoms with Gasteiger partial charge in [0.25, 0.3) is 0 Å². The van der Waals surface area contributed by atoms with E-state index in [1.165, 1.54) is 0 Å². The highest BCUT2D eigenvalue weighted by Crippen LogP contribution is 2.35. The van der Waals surface area contributed by atoms with Crippen LogP contribution in [0.4, 0.5) is 5.69 Å². The normalized spacial score (nSPS) is 13.1. The second kappa shape index (κ2) is 5.32. The van der Waals surface area contributed by atoms with E-state index in [1.54, 1.807) is 18.2 Å². The molecule has 0 aromatic heterocycles. The third-order valence-electron chi connectivity index (χ3n) is 3.05. The van der Waals surface area contributed by atoms with Crippen LogP contribution in [-0.4, -0.2) is 19.0 Å². The molecule has 0 aliphatic carbocycles. The van der Waals surface area contributed by atoms with Gasteiger partial charge in [-0.05, 0) is 40.8 Å². The molecule has 2 aromatic rings. The first-order chi connectivity index (χ1) is 9.65. The van der Waals surface area contributed by atoms with Gasteiger partial charge in [0, 0.05) is 26.5 Å². The molecule has 0 fully saturated rings. The van der Waals surface area contributed by atoms with Crippen LogP contribution in [0.25, 0.3) is 0 Å². The first-order valence-corrected chi connectivity index (χ1v) is 7.22. The number of ether oxygens (including phenoxy) is 2. The summed E-state index contributed by atoms with van der Waals surface area (Å²) in [5.74, 6) is 1.05. The van der Waals surface area contributed by atoms with E-state index in [4.69, 9.17) is 15.2 Å². The number of nitrogens with two attached hydrogens (primary N) is 1. The van der Waals surface area contributed by atoms with Crippen LogP contribution in [0.5, 0.6) is 11.5 Å². The molecule has 0 atom stereocenters. The van der Waals surface area contributed by atoms with Gasteiger partial charge in [0.15, 0.2) is 17.3 Å². The molecule has 0 amide bonds. The Morgan fingerprint density at radius 3 is 2.50 bits per heavy atom. The summed E-state index contributed by atoms with van der Waals surface area (Å²) in [6, 6.07) is 10.7. The monoisotopic (exact) mass is 381 g/mol. The van der Waals surface area contributed by atoms with Crippen molar-refractivity contribution in [2.24, 2.45) is 0 Å². The lowest BCUT2D eigenvalue weighted by Gasteiger charge is -2.19. The molecular weight excluding hydrogens is 369 g/mol. The Hall–Kier alpha value is -1.76. The molecule has 1 aliphatic rings. The molecule has 20 heavy (non-hydrogen) atoms. The predicted molar refractivity (Wildman–Crippen MR) is 84.4 cm³/mol. The number of hydrogen-bond acceptors (Lipinski definition) is 4. The summed E-state index contributed by atoms with van der Waals surface area (Å²) >= 11 is 2.17. The van der Waals surface area contributed by atoms with E-state index in [0.29, 0.717) is 41.5 Å². The zero-order valence-corrected chi connectivity index (χ0v) is 12.7. The zero-order valence-electron chi connectivity index (χ0n) is 10.6. The highest BCUT2D eigenvalue weighted by Gasteiger charge is 2.19. The number of hydrogen-bond donors (Lipinski definition) is 1. The number of ketones is 1. The fraction of sp³-hybridized carbons (Fsp3) is 0.133. The zero-order chi connectivity index (χ0) is 14.1. The molecule has 1 heterocycles. The molecular formula is C15H12INO3. The van der Waals surface area contributed by atoms with Crippen molar-refractivity contribution in [2.45, 2.75) is 0 Å². The van der Waals surface area contributed by atoms with Crippen molar-refractivity contribution in [2.75, 3.05) is 18.9 Å². The average molecular weight is 381 g/mol. The molecule has 0 spiro atoms. The number of nitrogen functional groups attached to an aromatic ring is 1. The summed E-state index contributed by atoms with van der Waals surface area (Å²) in [6.45, 7) is 0.977. The van der Waals surface area contributed by atoms with Gasteiger partial charge in [-0.3, -0.25) is 4.79 Å². The summed E-state index contributed by atoms with van der Waals surface area (Å²) in [5, 5.41) is 0. The van der Waals surface area contributed by atoms with E-state index in [2.05, 4.69) is 22.6 Å². The van der Waals surface area contributed by atoms with Crippen LogP contribution in [0.1, 0.15) is 15.9 Å². The number of halogens is 1. The van der Waals surface area contributed by atoms with E-state index in [0.717, 1.165) is 3.57 Å². The minimum atomic E-state index is -0.113. The number of fused-ring (bicyclic) bond motifs is 1. The minimum Gasteiger partial charge on any atom is -0.486 e. The van der Waals surface area contributed by atoms with Crippen molar-refractivity contribution in [1.82, 2.24) is 0 Å². The molecule has 0 bridgehead atoms. The molecule has 1 aliphatic heterocycles. The van der Waals surface area contributed by atoms with Crippen molar-refractivity contribution in [3.8, 4) is 11.5 Å². The summed E-state index contributed by atoms with van der Waals surface area (Å²) in [6.07, 6.45) is 0. The van der Waals surface area contributed by atoms with E-state index in [-0.39, 0.29) is 5.78 Å². The smallest absolute Gasteiger partial charge is 0.195 e. The van der Waals surface area contributed by atoms with Gasteiger partial charge < -0.3 is 15.2 Å². The SMILES string of the molecule is Nc1cc2c(cc1C(=O)c1cccc(I)c1)OCCO2. The number of benzene rings is 2. The molecule has 0 saturated heterocycles. The van der Waals surface area contributed by atoms with Crippen molar-refractivity contribution >= 4 is 34.1 Å². The van der Waals surface area contributed by atoms with Crippen molar-refractivity contribution in [3.63, 3.8) is 0 Å². The first kappa shape index (κ1) is 13.2. The fourth-order valence-corrected chi connectivity index (χ4v) is 2.63. The Kier molecular flexibility index (Phi) is 3.52. The Morgan fingerprint density at radius 1 is 1.10 bits per heavy atom. The van der Waals surface area contributed by atoms with Gasteiger partial charge in [-0.2, -0.15) is 0 Å². The average Bonchev–Trinajstić information content (AvgIpc) is 2.46. The fourth-order valence-electron chi connectivity index (χ4n) is 2.09. The third-order valence-corrected chi connectivity index (χ3v) is 3.72. The second-order valence-electron chi connectivity index (χ2n) is 4.42. The van der Waals surface area contributed by atoms with E-state index >= 15 is 0 Å². The lowest BCUT2D eigenvalue weighted by molar-refractivity contribution is 0.103. The van der Waals surface area contributed by atoms with Gasteiger partial charge in [-0.1, -0.05) is 12.1 Å². The molecule has 102 valence electrons. The molecule has 2 aromatic carbocycles. The third kappa shape index (κ3) is 2.45. The summed E-state index contributed by atoms with van der Waals surface area (Å²) in [4.78, 5) is 12.5. The Balaban J connectivity index is 2.03. The summed E-state index contributed by atoms with van der Waals surface area (Å²) in [7, 11) is 0. The maximum Gasteiger partial charge on any atom is 0.195 e. The highest BCUT2D eigenvalue weighted by molar-refractivity contribution is 14.1. The highest BCUT2D eigenvalue weighted by atomic mass is 127. The Labute approximate surface area is 130 Å². The quantitative estimate of drug-likeness (QED) is 0.494. The minimum absolute atomic E-state index is 0.113. The number of carbonyl (C=O) groups is 1. The predicted octanol–water partition coefficient (Wildman–Crippen LogP) is 2.88. The summed E-state index contributed by atoms with van der Waals surface area (Å²) < 4.78 is 11.9. The van der Waals surface area contributed by atoms with Gasteiger partial charge in [-0.25, -0.2) is 0 Å². The van der Waals surface area contributed by atoms with Crippen LogP contribution in [0, 0.1) is 3.57 Å². The summed E-state index contributed by atoms with van der Waals surface area (Å²) in [5.41, 5.74) is 7.42. The van der Waals surface area contributed by atoms with Crippen LogP contribution < -0.4 is 15.2 Å². The molecule has 5 heteroatoms. The van der Waals surface area contributed by atoms with Crippen LogP contribution in [0.2, 0.25) is 0 Å². The topological polar surface area (TPSA) is 61.6 Å². The Morgan fingerprint density at radius 2 is 1.80 bits per heavy atom. The van der Waals surface area contributed by atoms with Crippen LogP contribution in [0.15, 0.2) is 36.4 Å². The maximum absolute atomic E-state index is 12.5. The first-order valence-electron chi connectivity index (χ1n) is 6.14. The van der Waals surface area contributed by atoms with Gasteiger partial charge in [0.05, 0.1) is 0 Å². The second-order valence-corrected chi connectivity index (χ2v) is 5.67. The maximum atomic E-state index is 12.5. The molecule has 0 unspecified atom stereocenters. The van der Waals surface area contributed by atoms with Gasteiger partial charge in [-0.15, -0.1) is 0 Å². The molecule has 0 saturated carbocycles.